The van der Waals surface area contributed by atoms with E-state index >= 15 is 0 Å². The first-order chi connectivity index (χ1) is 9.19. The molecule has 0 heterocycles. The molecule has 1 atom stereocenters. The minimum Gasteiger partial charge on any atom is -0.271 e. The Morgan fingerprint density at radius 3 is 2.63 bits per heavy atom. The van der Waals surface area contributed by atoms with Crippen LogP contribution in [0, 0.1) is 11.6 Å². The third-order valence-corrected chi connectivity index (χ3v) is 3.60. The van der Waals surface area contributed by atoms with E-state index in [1.54, 1.807) is 6.07 Å². The van der Waals surface area contributed by atoms with E-state index in [4.69, 9.17) is 5.84 Å². The summed E-state index contributed by atoms with van der Waals surface area (Å²) in [5.41, 5.74) is 4.95. The van der Waals surface area contributed by atoms with Crippen LogP contribution in [0.1, 0.15) is 37.7 Å². The maximum absolute atomic E-state index is 13.2. The topological polar surface area (TPSA) is 38.0 Å². The van der Waals surface area contributed by atoms with Gasteiger partial charge in [-0.2, -0.15) is 0 Å². The summed E-state index contributed by atoms with van der Waals surface area (Å²) < 4.78 is 26.0. The Morgan fingerprint density at radius 1 is 1.16 bits per heavy atom. The molecule has 1 aliphatic rings. The monoisotopic (exact) mass is 266 g/mol. The van der Waals surface area contributed by atoms with E-state index in [1.807, 2.05) is 0 Å². The number of rotatable bonds is 5. The van der Waals surface area contributed by atoms with Gasteiger partial charge >= 0.3 is 0 Å². The van der Waals surface area contributed by atoms with Gasteiger partial charge in [0.2, 0.25) is 0 Å². The van der Waals surface area contributed by atoms with Crippen molar-refractivity contribution in [3.63, 3.8) is 0 Å². The standard InChI is InChI=1S/C15H20F2N2/c16-14-7-6-12(10-15(14)17)9-13(19-18)8-11-4-2-1-3-5-11/h4,6-7,10,13,19H,1-3,5,8-9,18H2. The van der Waals surface area contributed by atoms with Crippen molar-refractivity contribution in [2.75, 3.05) is 0 Å². The van der Waals surface area contributed by atoms with Crippen molar-refractivity contribution in [2.45, 2.75) is 44.6 Å². The number of hydrogen-bond donors (Lipinski definition) is 2. The Kier molecular flexibility index (Phi) is 5.05. The van der Waals surface area contributed by atoms with Gasteiger partial charge in [0.15, 0.2) is 11.6 Å². The van der Waals surface area contributed by atoms with Crippen LogP contribution in [0.15, 0.2) is 29.8 Å². The lowest BCUT2D eigenvalue weighted by Crippen LogP contribution is -2.37. The summed E-state index contributed by atoms with van der Waals surface area (Å²) >= 11 is 0. The van der Waals surface area contributed by atoms with Gasteiger partial charge in [-0.15, -0.1) is 0 Å². The zero-order valence-corrected chi connectivity index (χ0v) is 11.0. The van der Waals surface area contributed by atoms with Crippen LogP contribution >= 0.6 is 0 Å². The first-order valence-corrected chi connectivity index (χ1v) is 6.77. The van der Waals surface area contributed by atoms with Gasteiger partial charge in [0, 0.05) is 6.04 Å². The van der Waals surface area contributed by atoms with E-state index in [0.717, 1.165) is 30.9 Å². The van der Waals surface area contributed by atoms with Crippen molar-refractivity contribution in [2.24, 2.45) is 5.84 Å². The maximum atomic E-state index is 13.2. The molecule has 2 rings (SSSR count). The van der Waals surface area contributed by atoms with E-state index in [1.165, 1.54) is 24.5 Å². The van der Waals surface area contributed by atoms with E-state index in [-0.39, 0.29) is 6.04 Å². The molecule has 0 bridgehead atoms. The molecule has 1 aliphatic carbocycles. The van der Waals surface area contributed by atoms with Crippen LogP contribution < -0.4 is 11.3 Å². The molecule has 0 saturated heterocycles. The molecule has 0 aliphatic heterocycles. The van der Waals surface area contributed by atoms with Gasteiger partial charge in [-0.3, -0.25) is 11.3 Å². The Hall–Kier alpha value is -1.26. The Labute approximate surface area is 112 Å². The molecule has 1 unspecified atom stereocenters. The number of hydrogen-bond acceptors (Lipinski definition) is 2. The van der Waals surface area contributed by atoms with Crippen molar-refractivity contribution in [3.05, 3.63) is 47.0 Å². The van der Waals surface area contributed by atoms with Gasteiger partial charge in [-0.1, -0.05) is 17.7 Å². The first-order valence-electron chi connectivity index (χ1n) is 6.77. The smallest absolute Gasteiger partial charge is 0.159 e. The summed E-state index contributed by atoms with van der Waals surface area (Å²) in [6, 6.07) is 4.08. The molecule has 3 N–H and O–H groups in total. The largest absolute Gasteiger partial charge is 0.271 e. The molecule has 1 aromatic rings. The normalized spacial score (nSPS) is 17.1. The molecule has 0 spiro atoms. The molecule has 1 aromatic carbocycles. The predicted molar refractivity (Wildman–Crippen MR) is 72.3 cm³/mol. The minimum atomic E-state index is -0.809. The van der Waals surface area contributed by atoms with Crippen molar-refractivity contribution < 1.29 is 8.78 Å². The van der Waals surface area contributed by atoms with Crippen LogP contribution in [-0.2, 0) is 6.42 Å². The maximum Gasteiger partial charge on any atom is 0.159 e. The number of benzene rings is 1. The fraction of sp³-hybridized carbons (Fsp3) is 0.467. The van der Waals surface area contributed by atoms with Gasteiger partial charge in [0.1, 0.15) is 0 Å². The highest BCUT2D eigenvalue weighted by atomic mass is 19.2. The lowest BCUT2D eigenvalue weighted by atomic mass is 9.92. The molecule has 0 saturated carbocycles. The summed E-state index contributed by atoms with van der Waals surface area (Å²) in [5, 5.41) is 0. The Balaban J connectivity index is 1.97. The average molecular weight is 266 g/mol. The van der Waals surface area contributed by atoms with E-state index in [9.17, 15) is 8.78 Å². The molecule has 0 fully saturated rings. The highest BCUT2D eigenvalue weighted by Crippen LogP contribution is 2.22. The van der Waals surface area contributed by atoms with Gasteiger partial charge in [0.25, 0.3) is 0 Å². The zero-order chi connectivity index (χ0) is 13.7. The first kappa shape index (κ1) is 14.2. The lowest BCUT2D eigenvalue weighted by molar-refractivity contribution is 0.492. The van der Waals surface area contributed by atoms with Crippen LogP contribution in [0.5, 0.6) is 0 Å². The highest BCUT2D eigenvalue weighted by Gasteiger charge is 2.13. The van der Waals surface area contributed by atoms with E-state index in [2.05, 4.69) is 11.5 Å². The van der Waals surface area contributed by atoms with Crippen molar-refractivity contribution >= 4 is 0 Å². The molecule has 0 radical (unpaired) electrons. The van der Waals surface area contributed by atoms with Crippen LogP contribution in [0.2, 0.25) is 0 Å². The molecular weight excluding hydrogens is 246 g/mol. The average Bonchev–Trinajstić information content (AvgIpc) is 2.43. The third-order valence-electron chi connectivity index (χ3n) is 3.60. The van der Waals surface area contributed by atoms with Gasteiger partial charge in [-0.25, -0.2) is 8.78 Å². The van der Waals surface area contributed by atoms with Crippen LogP contribution in [0.25, 0.3) is 0 Å². The Bertz CT molecular complexity index is 457. The second-order valence-electron chi connectivity index (χ2n) is 5.13. The number of allylic oxidation sites excluding steroid dienone is 1. The number of nitrogens with two attached hydrogens (primary N) is 1. The number of hydrazine groups is 1. The molecule has 104 valence electrons. The molecular formula is C15H20F2N2. The second kappa shape index (κ2) is 6.78. The molecule has 0 amide bonds. The van der Waals surface area contributed by atoms with Crippen molar-refractivity contribution in [1.82, 2.24) is 5.43 Å². The fourth-order valence-electron chi connectivity index (χ4n) is 2.55. The van der Waals surface area contributed by atoms with Crippen LogP contribution in [0.4, 0.5) is 8.78 Å². The lowest BCUT2D eigenvalue weighted by Gasteiger charge is -2.20. The predicted octanol–water partition coefficient (Wildman–Crippen LogP) is 3.23. The fourth-order valence-corrected chi connectivity index (χ4v) is 2.55. The van der Waals surface area contributed by atoms with Gasteiger partial charge in [-0.05, 0) is 56.2 Å². The quantitative estimate of drug-likeness (QED) is 0.488. The Morgan fingerprint density at radius 2 is 2.00 bits per heavy atom. The molecule has 2 nitrogen and oxygen atoms in total. The molecule has 4 heteroatoms. The van der Waals surface area contributed by atoms with E-state index < -0.39 is 11.6 Å². The van der Waals surface area contributed by atoms with E-state index in [0.29, 0.717) is 6.42 Å². The van der Waals surface area contributed by atoms with Gasteiger partial charge < -0.3 is 0 Å². The zero-order valence-electron chi connectivity index (χ0n) is 11.0. The number of nitrogens with one attached hydrogen (secondary N) is 1. The third kappa shape index (κ3) is 4.11. The molecule has 19 heavy (non-hydrogen) atoms. The van der Waals surface area contributed by atoms with Gasteiger partial charge in [0.05, 0.1) is 0 Å². The summed E-state index contributed by atoms with van der Waals surface area (Å²) in [5.74, 6) is 3.95. The summed E-state index contributed by atoms with van der Waals surface area (Å²) in [7, 11) is 0. The molecule has 0 aromatic heterocycles. The summed E-state index contributed by atoms with van der Waals surface area (Å²) in [6.07, 6.45) is 8.50. The van der Waals surface area contributed by atoms with Crippen LogP contribution in [-0.4, -0.2) is 6.04 Å². The van der Waals surface area contributed by atoms with Crippen molar-refractivity contribution in [3.8, 4) is 0 Å². The summed E-state index contributed by atoms with van der Waals surface area (Å²) in [4.78, 5) is 0. The second-order valence-corrected chi connectivity index (χ2v) is 5.13. The SMILES string of the molecule is NNC(CC1=CCCCC1)Cc1ccc(F)c(F)c1. The summed E-state index contributed by atoms with van der Waals surface area (Å²) in [6.45, 7) is 0. The minimum absolute atomic E-state index is 0.0641. The van der Waals surface area contributed by atoms with Crippen molar-refractivity contribution in [1.29, 1.82) is 0 Å². The number of halogens is 2. The highest BCUT2D eigenvalue weighted by molar-refractivity contribution is 5.19. The van der Waals surface area contributed by atoms with Crippen LogP contribution in [0.3, 0.4) is 0 Å².